The van der Waals surface area contributed by atoms with E-state index in [4.69, 9.17) is 10.00 Å². The standard InChI is InChI=1S/C12H16N2O3S/c1-12(2,3)18(15,16)14-10-6-5-9(8-13)7-11(10)17-4/h5-7,14H,1-4H3. The summed E-state index contributed by atoms with van der Waals surface area (Å²) < 4.78 is 30.6. The third-order valence-electron chi connectivity index (χ3n) is 2.38. The molecule has 0 aliphatic carbocycles. The first kappa shape index (κ1) is 14.3. The lowest BCUT2D eigenvalue weighted by molar-refractivity contribution is 0.416. The Morgan fingerprint density at radius 1 is 1.33 bits per heavy atom. The molecule has 0 bridgehead atoms. The second-order valence-electron chi connectivity index (χ2n) is 4.74. The zero-order chi connectivity index (χ0) is 14.0. The van der Waals surface area contributed by atoms with Gasteiger partial charge in [-0.05, 0) is 32.9 Å². The lowest BCUT2D eigenvalue weighted by atomic mass is 10.2. The fourth-order valence-corrected chi connectivity index (χ4v) is 1.91. The van der Waals surface area contributed by atoms with E-state index in [1.54, 1.807) is 20.8 Å². The summed E-state index contributed by atoms with van der Waals surface area (Å²) in [4.78, 5) is 0. The second kappa shape index (κ2) is 4.86. The number of anilines is 1. The monoisotopic (exact) mass is 268 g/mol. The maximum Gasteiger partial charge on any atom is 0.237 e. The van der Waals surface area contributed by atoms with Crippen molar-refractivity contribution in [2.24, 2.45) is 0 Å². The van der Waals surface area contributed by atoms with Crippen LogP contribution in [0.25, 0.3) is 0 Å². The van der Waals surface area contributed by atoms with Crippen LogP contribution in [0.1, 0.15) is 26.3 Å². The molecule has 18 heavy (non-hydrogen) atoms. The quantitative estimate of drug-likeness (QED) is 0.910. The van der Waals surface area contributed by atoms with Crippen LogP contribution in [0, 0.1) is 11.3 Å². The second-order valence-corrected chi connectivity index (χ2v) is 7.18. The Bertz CT molecular complexity index is 580. The summed E-state index contributed by atoms with van der Waals surface area (Å²) in [7, 11) is -2.09. The molecule has 1 aromatic carbocycles. The van der Waals surface area contributed by atoms with Crippen LogP contribution < -0.4 is 9.46 Å². The van der Waals surface area contributed by atoms with Crippen molar-refractivity contribution in [3.8, 4) is 11.8 Å². The Balaban J connectivity index is 3.18. The summed E-state index contributed by atoms with van der Waals surface area (Å²) in [6, 6.07) is 6.50. The molecule has 1 rings (SSSR count). The highest BCUT2D eigenvalue weighted by Gasteiger charge is 2.29. The van der Waals surface area contributed by atoms with Crippen LogP contribution in [-0.4, -0.2) is 20.3 Å². The number of methoxy groups -OCH3 is 1. The van der Waals surface area contributed by atoms with Gasteiger partial charge in [0.05, 0.1) is 29.2 Å². The molecule has 0 spiro atoms. The molecule has 0 saturated carbocycles. The average Bonchev–Trinajstić information content (AvgIpc) is 2.27. The molecule has 1 aromatic rings. The third kappa shape index (κ3) is 2.93. The van der Waals surface area contributed by atoms with E-state index in [9.17, 15) is 8.42 Å². The van der Waals surface area contributed by atoms with Gasteiger partial charge in [0.1, 0.15) is 5.75 Å². The summed E-state index contributed by atoms with van der Waals surface area (Å²) >= 11 is 0. The minimum Gasteiger partial charge on any atom is -0.495 e. The van der Waals surface area contributed by atoms with Crippen LogP contribution in [0.4, 0.5) is 5.69 Å². The topological polar surface area (TPSA) is 79.2 Å². The van der Waals surface area contributed by atoms with Gasteiger partial charge in [0.2, 0.25) is 10.0 Å². The van der Waals surface area contributed by atoms with Gasteiger partial charge in [-0.25, -0.2) is 8.42 Å². The van der Waals surface area contributed by atoms with E-state index in [1.165, 1.54) is 25.3 Å². The Kier molecular flexibility index (Phi) is 3.87. The van der Waals surface area contributed by atoms with Gasteiger partial charge in [-0.15, -0.1) is 0 Å². The number of hydrogen-bond donors (Lipinski definition) is 1. The average molecular weight is 268 g/mol. The fraction of sp³-hybridized carbons (Fsp3) is 0.417. The van der Waals surface area contributed by atoms with Gasteiger partial charge in [0, 0.05) is 6.07 Å². The highest BCUT2D eigenvalue weighted by atomic mass is 32.2. The predicted octanol–water partition coefficient (Wildman–Crippen LogP) is 2.11. The van der Waals surface area contributed by atoms with Crippen molar-refractivity contribution in [3.63, 3.8) is 0 Å². The molecular weight excluding hydrogens is 252 g/mol. The minimum absolute atomic E-state index is 0.321. The Morgan fingerprint density at radius 3 is 2.39 bits per heavy atom. The van der Waals surface area contributed by atoms with Crippen molar-refractivity contribution in [2.75, 3.05) is 11.8 Å². The van der Waals surface area contributed by atoms with E-state index < -0.39 is 14.8 Å². The molecule has 0 radical (unpaired) electrons. The molecule has 0 amide bonds. The van der Waals surface area contributed by atoms with Gasteiger partial charge in [-0.1, -0.05) is 0 Å². The lowest BCUT2D eigenvalue weighted by Crippen LogP contribution is -2.33. The smallest absolute Gasteiger partial charge is 0.237 e. The number of nitrogens with zero attached hydrogens (tertiary/aromatic N) is 1. The van der Waals surface area contributed by atoms with Crippen LogP contribution in [0.3, 0.4) is 0 Å². The first-order chi connectivity index (χ1) is 8.21. The highest BCUT2D eigenvalue weighted by molar-refractivity contribution is 7.94. The molecule has 5 nitrogen and oxygen atoms in total. The minimum atomic E-state index is -3.52. The summed E-state index contributed by atoms with van der Waals surface area (Å²) in [6.45, 7) is 4.81. The van der Waals surface area contributed by atoms with Crippen molar-refractivity contribution in [1.82, 2.24) is 0 Å². The zero-order valence-corrected chi connectivity index (χ0v) is 11.6. The number of sulfonamides is 1. The Labute approximate surface area is 107 Å². The fourth-order valence-electron chi connectivity index (χ4n) is 1.14. The van der Waals surface area contributed by atoms with Gasteiger partial charge in [-0.3, -0.25) is 4.72 Å². The van der Waals surface area contributed by atoms with Crippen LogP contribution in [0.2, 0.25) is 0 Å². The van der Waals surface area contributed by atoms with Gasteiger partial charge >= 0.3 is 0 Å². The van der Waals surface area contributed by atoms with Crippen LogP contribution in [0.5, 0.6) is 5.75 Å². The van der Waals surface area contributed by atoms with Gasteiger partial charge in [0.25, 0.3) is 0 Å². The van der Waals surface area contributed by atoms with E-state index in [0.29, 0.717) is 17.0 Å². The van der Waals surface area contributed by atoms with Crippen molar-refractivity contribution < 1.29 is 13.2 Å². The first-order valence-electron chi connectivity index (χ1n) is 5.32. The normalized spacial score (nSPS) is 11.7. The maximum absolute atomic E-state index is 12.0. The third-order valence-corrected chi connectivity index (χ3v) is 4.48. The predicted molar refractivity (Wildman–Crippen MR) is 70.0 cm³/mol. The number of hydrogen-bond acceptors (Lipinski definition) is 4. The van der Waals surface area contributed by atoms with Gasteiger partial charge in [0.15, 0.2) is 0 Å². The van der Waals surface area contributed by atoms with Crippen molar-refractivity contribution >= 4 is 15.7 Å². The molecule has 0 fully saturated rings. The van der Waals surface area contributed by atoms with E-state index in [1.807, 2.05) is 6.07 Å². The van der Waals surface area contributed by atoms with Crippen LogP contribution >= 0.6 is 0 Å². The number of ether oxygens (including phenoxy) is 1. The van der Waals surface area contributed by atoms with E-state index >= 15 is 0 Å². The summed E-state index contributed by atoms with van der Waals surface area (Å²) in [6.07, 6.45) is 0. The van der Waals surface area contributed by atoms with E-state index in [2.05, 4.69) is 4.72 Å². The number of nitrogens with one attached hydrogen (secondary N) is 1. The molecule has 0 unspecified atom stereocenters. The number of nitriles is 1. The van der Waals surface area contributed by atoms with Crippen molar-refractivity contribution in [1.29, 1.82) is 5.26 Å². The molecule has 0 saturated heterocycles. The Morgan fingerprint density at radius 2 is 1.94 bits per heavy atom. The van der Waals surface area contributed by atoms with Crippen molar-refractivity contribution in [2.45, 2.75) is 25.5 Å². The van der Waals surface area contributed by atoms with Gasteiger partial charge in [-0.2, -0.15) is 5.26 Å². The largest absolute Gasteiger partial charge is 0.495 e. The zero-order valence-electron chi connectivity index (χ0n) is 10.8. The SMILES string of the molecule is COc1cc(C#N)ccc1NS(=O)(=O)C(C)(C)C. The van der Waals surface area contributed by atoms with Gasteiger partial charge < -0.3 is 4.74 Å². The van der Waals surface area contributed by atoms with E-state index in [-0.39, 0.29) is 0 Å². The summed E-state index contributed by atoms with van der Waals surface area (Å²) in [5.74, 6) is 0.321. The number of benzene rings is 1. The molecule has 98 valence electrons. The maximum atomic E-state index is 12.0. The molecule has 0 atom stereocenters. The first-order valence-corrected chi connectivity index (χ1v) is 6.80. The Hall–Kier alpha value is -1.74. The molecular formula is C12H16N2O3S. The summed E-state index contributed by atoms with van der Waals surface area (Å²) in [5.41, 5.74) is 0.733. The highest BCUT2D eigenvalue weighted by Crippen LogP contribution is 2.28. The molecule has 1 N–H and O–H groups in total. The molecule has 0 aliphatic rings. The number of rotatable bonds is 3. The van der Waals surface area contributed by atoms with Crippen molar-refractivity contribution in [3.05, 3.63) is 23.8 Å². The molecule has 6 heteroatoms. The molecule has 0 aromatic heterocycles. The molecule has 0 heterocycles. The van der Waals surface area contributed by atoms with E-state index in [0.717, 1.165) is 0 Å². The van der Waals surface area contributed by atoms with Crippen LogP contribution in [-0.2, 0) is 10.0 Å². The lowest BCUT2D eigenvalue weighted by Gasteiger charge is -2.21. The summed E-state index contributed by atoms with van der Waals surface area (Å²) in [5, 5.41) is 8.77. The molecule has 0 aliphatic heterocycles. The van der Waals surface area contributed by atoms with Crippen LogP contribution in [0.15, 0.2) is 18.2 Å².